The zero-order chi connectivity index (χ0) is 7.40. The third-order valence-corrected chi connectivity index (χ3v) is 1.98. The Labute approximate surface area is 62.6 Å². The van der Waals surface area contributed by atoms with Gasteiger partial charge in [-0.1, -0.05) is 23.3 Å². The van der Waals surface area contributed by atoms with E-state index in [-0.39, 0.29) is 0 Å². The highest BCUT2D eigenvalue weighted by Gasteiger charge is 2.02. The highest BCUT2D eigenvalue weighted by atomic mass is 14.5. The number of hydrogen-bond acceptors (Lipinski definition) is 1. The zero-order valence-electron chi connectivity index (χ0n) is 6.56. The molecule has 0 spiro atoms. The lowest BCUT2D eigenvalue weighted by atomic mass is 9.96. The second kappa shape index (κ2) is 3.57. The lowest BCUT2D eigenvalue weighted by molar-refractivity contribution is 0.832. The van der Waals surface area contributed by atoms with Crippen molar-refractivity contribution in [1.29, 1.82) is 0 Å². The van der Waals surface area contributed by atoms with Crippen LogP contribution in [0.15, 0.2) is 23.3 Å². The van der Waals surface area contributed by atoms with Gasteiger partial charge < -0.3 is 5.73 Å². The van der Waals surface area contributed by atoms with E-state index >= 15 is 0 Å². The normalized spacial score (nSPS) is 18.2. The van der Waals surface area contributed by atoms with E-state index in [0.717, 1.165) is 13.0 Å². The number of allylic oxidation sites excluding steroid dienone is 3. The summed E-state index contributed by atoms with van der Waals surface area (Å²) >= 11 is 0. The minimum Gasteiger partial charge on any atom is -0.330 e. The van der Waals surface area contributed by atoms with Gasteiger partial charge in [-0.05, 0) is 32.7 Å². The number of hydrogen-bond donors (Lipinski definition) is 1. The van der Waals surface area contributed by atoms with Crippen LogP contribution in [0.2, 0.25) is 0 Å². The van der Waals surface area contributed by atoms with Crippen LogP contribution in [0.1, 0.15) is 26.2 Å². The second-order valence-electron chi connectivity index (χ2n) is 2.77. The van der Waals surface area contributed by atoms with Crippen LogP contribution in [-0.2, 0) is 0 Å². The summed E-state index contributed by atoms with van der Waals surface area (Å²) in [5.74, 6) is 0. The molecule has 0 radical (unpaired) electrons. The molecular weight excluding hydrogens is 122 g/mol. The molecule has 1 aliphatic rings. The van der Waals surface area contributed by atoms with Gasteiger partial charge >= 0.3 is 0 Å². The average molecular weight is 137 g/mol. The topological polar surface area (TPSA) is 26.0 Å². The maximum atomic E-state index is 5.46. The Bertz CT molecular complexity index is 166. The van der Waals surface area contributed by atoms with Gasteiger partial charge in [0.15, 0.2) is 0 Å². The maximum absolute atomic E-state index is 5.46. The Morgan fingerprint density at radius 1 is 1.60 bits per heavy atom. The second-order valence-corrected chi connectivity index (χ2v) is 2.77. The molecule has 0 aromatic rings. The summed E-state index contributed by atoms with van der Waals surface area (Å²) in [6.07, 6.45) is 7.94. The minimum atomic E-state index is 0.792. The van der Waals surface area contributed by atoms with Crippen LogP contribution in [0.4, 0.5) is 0 Å². The maximum Gasteiger partial charge on any atom is -0.00397 e. The summed E-state index contributed by atoms with van der Waals surface area (Å²) in [6, 6.07) is 0. The highest BCUT2D eigenvalue weighted by molar-refractivity contribution is 5.27. The Balaban J connectivity index is 2.60. The zero-order valence-corrected chi connectivity index (χ0v) is 6.56. The van der Waals surface area contributed by atoms with Crippen molar-refractivity contribution in [2.45, 2.75) is 26.2 Å². The third-order valence-electron chi connectivity index (χ3n) is 1.98. The molecular formula is C9H15N. The van der Waals surface area contributed by atoms with Gasteiger partial charge in [0.05, 0.1) is 0 Å². The molecule has 1 rings (SSSR count). The summed E-state index contributed by atoms with van der Waals surface area (Å²) in [5, 5.41) is 0. The van der Waals surface area contributed by atoms with Gasteiger partial charge in [0, 0.05) is 0 Å². The molecule has 1 nitrogen and oxygen atoms in total. The van der Waals surface area contributed by atoms with Gasteiger partial charge in [0.1, 0.15) is 0 Å². The summed E-state index contributed by atoms with van der Waals surface area (Å²) in [6.45, 7) is 2.96. The lowest BCUT2D eigenvalue weighted by Gasteiger charge is -2.11. The molecule has 0 saturated heterocycles. The predicted molar refractivity (Wildman–Crippen MR) is 44.7 cm³/mol. The molecule has 1 heteroatoms. The van der Waals surface area contributed by atoms with E-state index in [1.54, 1.807) is 5.57 Å². The van der Waals surface area contributed by atoms with Crippen LogP contribution in [0.3, 0.4) is 0 Å². The smallest absolute Gasteiger partial charge is 0.00397 e. The predicted octanol–water partition coefficient (Wildman–Crippen LogP) is 2.00. The van der Waals surface area contributed by atoms with Crippen molar-refractivity contribution in [3.05, 3.63) is 23.3 Å². The van der Waals surface area contributed by atoms with E-state index in [2.05, 4.69) is 19.1 Å². The average Bonchev–Trinajstić information content (AvgIpc) is 1.94. The van der Waals surface area contributed by atoms with E-state index in [1.807, 2.05) is 0 Å². The standard InChI is InChI=1S/C9H15N/c1-8-4-2-3-5-9(8)6-7-10/h2,4H,3,5-7,10H2,1H3. The molecule has 0 unspecified atom stereocenters. The molecule has 0 atom stereocenters. The summed E-state index contributed by atoms with van der Waals surface area (Å²) in [4.78, 5) is 0. The van der Waals surface area contributed by atoms with Gasteiger partial charge in [-0.25, -0.2) is 0 Å². The molecule has 0 aromatic carbocycles. The van der Waals surface area contributed by atoms with E-state index < -0.39 is 0 Å². The summed E-state index contributed by atoms with van der Waals surface area (Å²) in [5.41, 5.74) is 8.44. The van der Waals surface area contributed by atoms with Gasteiger partial charge in [0.25, 0.3) is 0 Å². The fourth-order valence-corrected chi connectivity index (χ4v) is 1.33. The van der Waals surface area contributed by atoms with E-state index in [1.165, 1.54) is 18.4 Å². The molecule has 0 amide bonds. The van der Waals surface area contributed by atoms with Crippen LogP contribution < -0.4 is 5.73 Å². The number of rotatable bonds is 2. The quantitative estimate of drug-likeness (QED) is 0.619. The molecule has 0 aromatic heterocycles. The number of nitrogens with two attached hydrogens (primary N) is 1. The van der Waals surface area contributed by atoms with Crippen LogP contribution >= 0.6 is 0 Å². The van der Waals surface area contributed by atoms with E-state index in [0.29, 0.717) is 0 Å². The van der Waals surface area contributed by atoms with Crippen molar-refractivity contribution in [3.63, 3.8) is 0 Å². The SMILES string of the molecule is CC1=C(CCN)CCC=C1. The Morgan fingerprint density at radius 3 is 3.00 bits per heavy atom. The van der Waals surface area contributed by atoms with Crippen LogP contribution in [-0.4, -0.2) is 6.54 Å². The third kappa shape index (κ3) is 1.71. The van der Waals surface area contributed by atoms with Crippen molar-refractivity contribution in [3.8, 4) is 0 Å². The van der Waals surface area contributed by atoms with Crippen molar-refractivity contribution in [2.24, 2.45) is 5.73 Å². The monoisotopic (exact) mass is 137 g/mol. The molecule has 0 heterocycles. The molecule has 0 bridgehead atoms. The first kappa shape index (κ1) is 7.55. The summed E-state index contributed by atoms with van der Waals surface area (Å²) < 4.78 is 0. The van der Waals surface area contributed by atoms with Gasteiger partial charge in [-0.2, -0.15) is 0 Å². The van der Waals surface area contributed by atoms with E-state index in [9.17, 15) is 0 Å². The molecule has 0 fully saturated rings. The van der Waals surface area contributed by atoms with Crippen molar-refractivity contribution >= 4 is 0 Å². The van der Waals surface area contributed by atoms with Gasteiger partial charge in [-0.15, -0.1) is 0 Å². The van der Waals surface area contributed by atoms with E-state index in [4.69, 9.17) is 5.73 Å². The van der Waals surface area contributed by atoms with Crippen LogP contribution in [0.5, 0.6) is 0 Å². The Morgan fingerprint density at radius 2 is 2.40 bits per heavy atom. The molecule has 56 valence electrons. The fourth-order valence-electron chi connectivity index (χ4n) is 1.33. The van der Waals surface area contributed by atoms with Gasteiger partial charge in [-0.3, -0.25) is 0 Å². The summed E-state index contributed by atoms with van der Waals surface area (Å²) in [7, 11) is 0. The Kier molecular flexibility index (Phi) is 2.69. The molecule has 2 N–H and O–H groups in total. The Hall–Kier alpha value is -0.560. The van der Waals surface area contributed by atoms with Crippen LogP contribution in [0.25, 0.3) is 0 Å². The minimum absolute atomic E-state index is 0.792. The van der Waals surface area contributed by atoms with Crippen molar-refractivity contribution in [2.75, 3.05) is 6.54 Å². The first-order valence-electron chi connectivity index (χ1n) is 3.90. The van der Waals surface area contributed by atoms with Crippen LogP contribution in [0, 0.1) is 0 Å². The largest absolute Gasteiger partial charge is 0.330 e. The van der Waals surface area contributed by atoms with Gasteiger partial charge in [0.2, 0.25) is 0 Å². The highest BCUT2D eigenvalue weighted by Crippen LogP contribution is 2.20. The fraction of sp³-hybridized carbons (Fsp3) is 0.556. The molecule has 1 aliphatic carbocycles. The lowest BCUT2D eigenvalue weighted by Crippen LogP contribution is -2.02. The molecule has 10 heavy (non-hydrogen) atoms. The molecule has 0 saturated carbocycles. The first-order chi connectivity index (χ1) is 4.84. The van der Waals surface area contributed by atoms with Crippen molar-refractivity contribution < 1.29 is 0 Å². The van der Waals surface area contributed by atoms with Crippen molar-refractivity contribution in [1.82, 2.24) is 0 Å². The first-order valence-corrected chi connectivity index (χ1v) is 3.90. The molecule has 0 aliphatic heterocycles.